The summed E-state index contributed by atoms with van der Waals surface area (Å²) in [4.78, 5) is 0. The van der Waals surface area contributed by atoms with Crippen molar-refractivity contribution in [2.24, 2.45) is 0 Å². The molecule has 0 radical (unpaired) electrons. The summed E-state index contributed by atoms with van der Waals surface area (Å²) in [6, 6.07) is 7.84. The van der Waals surface area contributed by atoms with Gasteiger partial charge in [0.15, 0.2) is 11.5 Å². The number of rotatable bonds is 4. The molecule has 0 atom stereocenters. The molecule has 1 aliphatic heterocycles. The van der Waals surface area contributed by atoms with E-state index in [2.05, 4.69) is 12.2 Å². The normalized spacial score (nSPS) is 18.0. The second kappa shape index (κ2) is 4.34. The summed E-state index contributed by atoms with van der Waals surface area (Å²) in [5.74, 6) is 1.66. The second-order valence-corrected chi connectivity index (χ2v) is 4.77. The Bertz CT molecular complexity index is 359. The maximum absolute atomic E-state index is 5.98. The summed E-state index contributed by atoms with van der Waals surface area (Å²) in [6.45, 7) is 7.93. The first-order valence-corrected chi connectivity index (χ1v) is 5.74. The third-order valence-corrected chi connectivity index (χ3v) is 2.57. The average molecular weight is 221 g/mol. The Morgan fingerprint density at radius 2 is 1.81 bits per heavy atom. The van der Waals surface area contributed by atoms with Crippen LogP contribution < -0.4 is 14.8 Å². The van der Waals surface area contributed by atoms with Crippen LogP contribution in [-0.4, -0.2) is 24.8 Å². The lowest BCUT2D eigenvalue weighted by Gasteiger charge is -2.39. The van der Waals surface area contributed by atoms with E-state index in [0.717, 1.165) is 24.6 Å². The van der Waals surface area contributed by atoms with Gasteiger partial charge in [-0.05, 0) is 32.9 Å². The summed E-state index contributed by atoms with van der Waals surface area (Å²) < 4.78 is 11.7. The number of nitrogens with one attached hydrogen (secondary N) is 1. The lowest BCUT2D eigenvalue weighted by molar-refractivity contribution is 0.0307. The first kappa shape index (κ1) is 11.3. The van der Waals surface area contributed by atoms with Gasteiger partial charge >= 0.3 is 0 Å². The van der Waals surface area contributed by atoms with E-state index in [1.54, 1.807) is 0 Å². The highest BCUT2D eigenvalue weighted by atomic mass is 16.5. The Morgan fingerprint density at radius 1 is 1.19 bits per heavy atom. The highest BCUT2D eigenvalue weighted by Crippen LogP contribution is 2.31. The summed E-state index contributed by atoms with van der Waals surface area (Å²) in [7, 11) is 0. The van der Waals surface area contributed by atoms with Gasteiger partial charge in [0.25, 0.3) is 0 Å². The molecule has 1 fully saturated rings. The summed E-state index contributed by atoms with van der Waals surface area (Å²) >= 11 is 0. The van der Waals surface area contributed by atoms with Gasteiger partial charge in [0.05, 0.1) is 6.10 Å². The van der Waals surface area contributed by atoms with E-state index < -0.39 is 0 Å². The van der Waals surface area contributed by atoms with Crippen molar-refractivity contribution in [1.82, 2.24) is 5.32 Å². The minimum absolute atomic E-state index is 0.0869. The molecule has 1 N–H and O–H groups in total. The fourth-order valence-electron chi connectivity index (χ4n) is 1.70. The van der Waals surface area contributed by atoms with E-state index >= 15 is 0 Å². The average Bonchev–Trinajstić information content (AvgIpc) is 2.18. The summed E-state index contributed by atoms with van der Waals surface area (Å²) in [5.41, 5.74) is -0.0869. The van der Waals surface area contributed by atoms with Gasteiger partial charge in [-0.1, -0.05) is 12.1 Å². The standard InChI is InChI=1S/C13H19NO2/c1-10(2)15-11-6-4-5-7-12(11)16-13(3)8-14-9-13/h4-7,10,14H,8-9H2,1-3H3. The predicted octanol–water partition coefficient (Wildman–Crippen LogP) is 2.21. The van der Waals surface area contributed by atoms with Crippen molar-refractivity contribution < 1.29 is 9.47 Å². The monoisotopic (exact) mass is 221 g/mol. The molecule has 0 amide bonds. The quantitative estimate of drug-likeness (QED) is 0.845. The van der Waals surface area contributed by atoms with Gasteiger partial charge < -0.3 is 14.8 Å². The Kier molecular flexibility index (Phi) is 3.06. The van der Waals surface area contributed by atoms with Crippen molar-refractivity contribution in [1.29, 1.82) is 0 Å². The van der Waals surface area contributed by atoms with Crippen LogP contribution in [0.4, 0.5) is 0 Å². The molecular formula is C13H19NO2. The van der Waals surface area contributed by atoms with Crippen molar-refractivity contribution in [3.05, 3.63) is 24.3 Å². The molecule has 88 valence electrons. The fraction of sp³-hybridized carbons (Fsp3) is 0.538. The van der Waals surface area contributed by atoms with Crippen molar-refractivity contribution in [2.75, 3.05) is 13.1 Å². The molecule has 0 aliphatic carbocycles. The maximum atomic E-state index is 5.98. The molecular weight excluding hydrogens is 202 g/mol. The highest BCUT2D eigenvalue weighted by molar-refractivity contribution is 5.40. The van der Waals surface area contributed by atoms with Crippen molar-refractivity contribution >= 4 is 0 Å². The Hall–Kier alpha value is -1.22. The third-order valence-electron chi connectivity index (χ3n) is 2.57. The minimum Gasteiger partial charge on any atom is -0.487 e. The molecule has 0 spiro atoms. The summed E-state index contributed by atoms with van der Waals surface area (Å²) in [5, 5.41) is 3.22. The molecule has 3 heteroatoms. The molecule has 0 bridgehead atoms. The van der Waals surface area contributed by atoms with E-state index in [9.17, 15) is 0 Å². The van der Waals surface area contributed by atoms with Crippen LogP contribution in [0.3, 0.4) is 0 Å². The number of para-hydroxylation sites is 2. The van der Waals surface area contributed by atoms with Crippen LogP contribution >= 0.6 is 0 Å². The third kappa shape index (κ3) is 2.47. The number of hydrogen-bond donors (Lipinski definition) is 1. The first-order valence-electron chi connectivity index (χ1n) is 5.74. The minimum atomic E-state index is -0.0869. The molecule has 2 rings (SSSR count). The van der Waals surface area contributed by atoms with Crippen LogP contribution in [0.2, 0.25) is 0 Å². The van der Waals surface area contributed by atoms with E-state index in [4.69, 9.17) is 9.47 Å². The van der Waals surface area contributed by atoms with Gasteiger partial charge in [0.1, 0.15) is 5.60 Å². The zero-order valence-corrected chi connectivity index (χ0v) is 10.1. The zero-order chi connectivity index (χ0) is 11.6. The van der Waals surface area contributed by atoms with Gasteiger partial charge in [-0.2, -0.15) is 0 Å². The van der Waals surface area contributed by atoms with Crippen molar-refractivity contribution in [2.45, 2.75) is 32.5 Å². The molecule has 0 saturated carbocycles. The molecule has 16 heavy (non-hydrogen) atoms. The molecule has 1 heterocycles. The molecule has 0 aromatic heterocycles. The molecule has 1 aliphatic rings. The Labute approximate surface area is 96.8 Å². The Balaban J connectivity index is 2.12. The number of ether oxygens (including phenoxy) is 2. The lowest BCUT2D eigenvalue weighted by Crippen LogP contribution is -2.61. The lowest BCUT2D eigenvalue weighted by atomic mass is 10.00. The first-order chi connectivity index (χ1) is 7.59. The molecule has 1 aromatic carbocycles. The van der Waals surface area contributed by atoms with Gasteiger partial charge in [-0.15, -0.1) is 0 Å². The maximum Gasteiger partial charge on any atom is 0.162 e. The fourth-order valence-corrected chi connectivity index (χ4v) is 1.70. The van der Waals surface area contributed by atoms with Gasteiger partial charge in [0, 0.05) is 13.1 Å². The van der Waals surface area contributed by atoms with Crippen LogP contribution in [0.25, 0.3) is 0 Å². The van der Waals surface area contributed by atoms with E-state index in [0.29, 0.717) is 0 Å². The highest BCUT2D eigenvalue weighted by Gasteiger charge is 2.34. The predicted molar refractivity (Wildman–Crippen MR) is 64.1 cm³/mol. The van der Waals surface area contributed by atoms with Crippen LogP contribution in [0.1, 0.15) is 20.8 Å². The topological polar surface area (TPSA) is 30.5 Å². The number of benzene rings is 1. The van der Waals surface area contributed by atoms with Crippen molar-refractivity contribution in [3.63, 3.8) is 0 Å². The van der Waals surface area contributed by atoms with Crippen molar-refractivity contribution in [3.8, 4) is 11.5 Å². The van der Waals surface area contributed by atoms with Crippen LogP contribution in [0.5, 0.6) is 11.5 Å². The smallest absolute Gasteiger partial charge is 0.162 e. The van der Waals surface area contributed by atoms with E-state index in [-0.39, 0.29) is 11.7 Å². The van der Waals surface area contributed by atoms with Crippen LogP contribution in [-0.2, 0) is 0 Å². The molecule has 1 aromatic rings. The second-order valence-electron chi connectivity index (χ2n) is 4.77. The number of hydrogen-bond acceptors (Lipinski definition) is 3. The van der Waals surface area contributed by atoms with Crippen LogP contribution in [0.15, 0.2) is 24.3 Å². The Morgan fingerprint density at radius 3 is 2.31 bits per heavy atom. The van der Waals surface area contributed by atoms with Gasteiger partial charge in [-0.3, -0.25) is 0 Å². The molecule has 1 saturated heterocycles. The molecule has 3 nitrogen and oxygen atoms in total. The van der Waals surface area contributed by atoms with Gasteiger partial charge in [0.2, 0.25) is 0 Å². The SMILES string of the molecule is CC(C)Oc1ccccc1OC1(C)CNC1. The largest absolute Gasteiger partial charge is 0.487 e. The summed E-state index contributed by atoms with van der Waals surface area (Å²) in [6.07, 6.45) is 0.164. The van der Waals surface area contributed by atoms with E-state index in [1.165, 1.54) is 0 Å². The van der Waals surface area contributed by atoms with Crippen LogP contribution in [0, 0.1) is 0 Å². The van der Waals surface area contributed by atoms with Gasteiger partial charge in [-0.25, -0.2) is 0 Å². The van der Waals surface area contributed by atoms with E-state index in [1.807, 2.05) is 38.1 Å². The zero-order valence-electron chi connectivity index (χ0n) is 10.1. The molecule has 0 unspecified atom stereocenters.